The highest BCUT2D eigenvalue weighted by Crippen LogP contribution is 2.45. The number of phenols is 1. The molecule has 2 aliphatic rings. The lowest BCUT2D eigenvalue weighted by Gasteiger charge is -2.33. The van der Waals surface area contributed by atoms with Crippen LogP contribution in [0.2, 0.25) is 0 Å². The van der Waals surface area contributed by atoms with Crippen LogP contribution in [-0.4, -0.2) is 30.9 Å². The summed E-state index contributed by atoms with van der Waals surface area (Å²) in [5.74, 6) is -0.803. The molecule has 1 aromatic carbocycles. The Morgan fingerprint density at radius 2 is 2.14 bits per heavy atom. The maximum Gasteiger partial charge on any atom is 0.343 e. The van der Waals surface area contributed by atoms with Crippen LogP contribution in [0.3, 0.4) is 0 Å². The number of esters is 1. The van der Waals surface area contributed by atoms with E-state index in [0.29, 0.717) is 22.2 Å². The molecule has 29 heavy (non-hydrogen) atoms. The first-order valence-corrected chi connectivity index (χ1v) is 9.12. The molecule has 0 unspecified atom stereocenters. The number of aliphatic hydroxyl groups is 1. The Balaban J connectivity index is 1.89. The van der Waals surface area contributed by atoms with E-state index in [1.165, 1.54) is 4.57 Å². The highest BCUT2D eigenvalue weighted by atomic mass is 16.6. The van der Waals surface area contributed by atoms with Gasteiger partial charge in [-0.15, -0.1) is 0 Å². The Kier molecular flexibility index (Phi) is 3.52. The molecule has 0 amide bonds. The number of anilines is 1. The van der Waals surface area contributed by atoms with Crippen molar-refractivity contribution in [2.45, 2.75) is 32.1 Å². The summed E-state index contributed by atoms with van der Waals surface area (Å²) in [6.45, 7) is 1.46. The van der Waals surface area contributed by atoms with Crippen molar-refractivity contribution in [2.75, 3.05) is 5.48 Å². The van der Waals surface area contributed by atoms with Gasteiger partial charge in [-0.3, -0.25) is 20.0 Å². The van der Waals surface area contributed by atoms with Gasteiger partial charge in [0.15, 0.2) is 5.60 Å². The van der Waals surface area contributed by atoms with Crippen molar-refractivity contribution >= 4 is 22.6 Å². The zero-order valence-electron chi connectivity index (χ0n) is 15.4. The van der Waals surface area contributed by atoms with Gasteiger partial charge in [-0.1, -0.05) is 13.0 Å². The molecule has 4 N–H and O–H groups in total. The smallest absolute Gasteiger partial charge is 0.343 e. The first kappa shape index (κ1) is 17.7. The lowest BCUT2D eigenvalue weighted by molar-refractivity contribution is -0.172. The summed E-state index contributed by atoms with van der Waals surface area (Å²) in [5.41, 5.74) is 1.63. The van der Waals surface area contributed by atoms with Gasteiger partial charge in [0.1, 0.15) is 12.4 Å². The molecule has 0 bridgehead atoms. The second-order valence-corrected chi connectivity index (χ2v) is 7.21. The van der Waals surface area contributed by atoms with Crippen LogP contribution in [-0.2, 0) is 28.3 Å². The number of pyridine rings is 2. The number of benzene rings is 1. The molecular weight excluding hydrogens is 378 g/mol. The summed E-state index contributed by atoms with van der Waals surface area (Å²) in [6, 6.07) is 6.67. The maximum absolute atomic E-state index is 13.2. The maximum atomic E-state index is 13.2. The number of hydrogen-bond donors (Lipinski definition) is 4. The number of aromatic nitrogens is 2. The van der Waals surface area contributed by atoms with Crippen molar-refractivity contribution in [1.29, 1.82) is 0 Å². The van der Waals surface area contributed by atoms with E-state index in [2.05, 4.69) is 10.5 Å². The minimum atomic E-state index is -2.06. The topological polar surface area (TPSA) is 134 Å². The number of carbonyl (C=O) groups excluding carboxylic acids is 1. The quantitative estimate of drug-likeness (QED) is 0.297. The van der Waals surface area contributed by atoms with Crippen LogP contribution in [0, 0.1) is 0 Å². The minimum Gasteiger partial charge on any atom is -0.507 e. The SMILES string of the molecule is CC[C@@]1(O)C(=O)OCc2c1c(NO)c1n(c2=O)Cc2cc3c(O)cccc3nc2-1. The van der Waals surface area contributed by atoms with Gasteiger partial charge >= 0.3 is 5.97 Å². The molecule has 2 aromatic heterocycles. The van der Waals surface area contributed by atoms with Crippen LogP contribution in [0.4, 0.5) is 5.69 Å². The number of fused-ring (bicyclic) bond motifs is 5. The fourth-order valence-electron chi connectivity index (χ4n) is 4.27. The van der Waals surface area contributed by atoms with Crippen LogP contribution in [0.15, 0.2) is 29.1 Å². The minimum absolute atomic E-state index is 0.0145. The first-order chi connectivity index (χ1) is 13.9. The molecule has 0 aliphatic carbocycles. The van der Waals surface area contributed by atoms with Crippen LogP contribution in [0.25, 0.3) is 22.3 Å². The Bertz CT molecular complexity index is 1280. The van der Waals surface area contributed by atoms with Crippen molar-refractivity contribution in [3.63, 3.8) is 0 Å². The van der Waals surface area contributed by atoms with E-state index in [1.54, 1.807) is 31.2 Å². The average molecular weight is 395 g/mol. The fraction of sp³-hybridized carbons (Fsp3) is 0.250. The summed E-state index contributed by atoms with van der Waals surface area (Å²) < 4.78 is 6.46. The number of cyclic esters (lactones) is 1. The van der Waals surface area contributed by atoms with Crippen molar-refractivity contribution in [3.05, 3.63) is 51.3 Å². The number of aromatic hydroxyl groups is 1. The van der Waals surface area contributed by atoms with Gasteiger partial charge in [-0.05, 0) is 24.6 Å². The van der Waals surface area contributed by atoms with E-state index in [0.717, 1.165) is 0 Å². The molecule has 9 heteroatoms. The summed E-state index contributed by atoms with van der Waals surface area (Å²) in [6.07, 6.45) is -0.0394. The van der Waals surface area contributed by atoms with Gasteiger partial charge in [-0.25, -0.2) is 9.78 Å². The molecule has 0 radical (unpaired) electrons. The molecule has 9 nitrogen and oxygen atoms in total. The van der Waals surface area contributed by atoms with E-state index < -0.39 is 17.1 Å². The third kappa shape index (κ3) is 2.13. The Labute approximate surface area is 163 Å². The normalized spacial score (nSPS) is 19.5. The molecule has 0 saturated heterocycles. The van der Waals surface area contributed by atoms with Crippen LogP contribution < -0.4 is 11.0 Å². The third-order valence-corrected chi connectivity index (χ3v) is 5.75. The number of nitrogens with one attached hydrogen (secondary N) is 1. The number of nitrogens with zero attached hydrogens (tertiary/aromatic N) is 2. The molecule has 4 heterocycles. The predicted octanol–water partition coefficient (Wildman–Crippen LogP) is 1.59. The Hall–Kier alpha value is -3.43. The monoisotopic (exact) mass is 395 g/mol. The van der Waals surface area contributed by atoms with Gasteiger partial charge in [0.2, 0.25) is 0 Å². The second-order valence-electron chi connectivity index (χ2n) is 7.21. The second kappa shape index (κ2) is 5.79. The highest BCUT2D eigenvalue weighted by molar-refractivity contribution is 5.93. The summed E-state index contributed by atoms with van der Waals surface area (Å²) in [4.78, 5) is 30.1. The standard InChI is InChI=1S/C20H17N3O6/c1-2-20(27)14-11(8-29-19(20)26)18(25)23-7-9-6-10-12(4-3-5-13(10)24)21-15(9)17(23)16(14)22-28/h3-6,22,24,27-28H,2,7-8H2,1H3/t20-/m0/s1. The third-order valence-electron chi connectivity index (χ3n) is 5.75. The van der Waals surface area contributed by atoms with Gasteiger partial charge in [0.05, 0.1) is 34.7 Å². The highest BCUT2D eigenvalue weighted by Gasteiger charge is 2.48. The van der Waals surface area contributed by atoms with E-state index in [4.69, 9.17) is 4.74 Å². The predicted molar refractivity (Wildman–Crippen MR) is 102 cm³/mol. The van der Waals surface area contributed by atoms with Gasteiger partial charge in [0.25, 0.3) is 5.56 Å². The van der Waals surface area contributed by atoms with Gasteiger partial charge in [0, 0.05) is 16.5 Å². The molecule has 0 fully saturated rings. The van der Waals surface area contributed by atoms with Crippen molar-refractivity contribution in [2.24, 2.45) is 0 Å². The fourth-order valence-corrected chi connectivity index (χ4v) is 4.27. The van der Waals surface area contributed by atoms with Gasteiger partial charge < -0.3 is 14.9 Å². The molecule has 1 atom stereocenters. The van der Waals surface area contributed by atoms with Crippen molar-refractivity contribution < 1.29 is 25.0 Å². The molecule has 0 spiro atoms. The Morgan fingerprint density at radius 1 is 1.34 bits per heavy atom. The van der Waals surface area contributed by atoms with Crippen LogP contribution >= 0.6 is 0 Å². The molecule has 0 saturated carbocycles. The van der Waals surface area contributed by atoms with Crippen LogP contribution in [0.1, 0.15) is 30.0 Å². The van der Waals surface area contributed by atoms with E-state index in [-0.39, 0.29) is 47.8 Å². The molecule has 148 valence electrons. The summed E-state index contributed by atoms with van der Waals surface area (Å²) in [5, 5.41) is 31.6. The molecular formula is C20H17N3O6. The Morgan fingerprint density at radius 3 is 2.86 bits per heavy atom. The van der Waals surface area contributed by atoms with Crippen molar-refractivity contribution in [3.8, 4) is 17.1 Å². The largest absolute Gasteiger partial charge is 0.507 e. The lowest BCUT2D eigenvalue weighted by atomic mass is 9.84. The number of rotatable bonds is 2. The number of carbonyl (C=O) groups is 1. The zero-order valence-corrected chi connectivity index (χ0v) is 15.4. The summed E-state index contributed by atoms with van der Waals surface area (Å²) in [7, 11) is 0. The number of hydrogen-bond acceptors (Lipinski definition) is 8. The summed E-state index contributed by atoms with van der Waals surface area (Å²) >= 11 is 0. The number of phenolic OH excluding ortho intramolecular Hbond substituents is 1. The van der Waals surface area contributed by atoms with E-state index in [9.17, 15) is 25.0 Å². The molecule has 2 aliphatic heterocycles. The zero-order chi connectivity index (χ0) is 20.5. The first-order valence-electron chi connectivity index (χ1n) is 9.12. The number of ether oxygens (including phenoxy) is 1. The van der Waals surface area contributed by atoms with Gasteiger partial charge in [-0.2, -0.15) is 0 Å². The van der Waals surface area contributed by atoms with Crippen LogP contribution in [0.5, 0.6) is 5.75 Å². The van der Waals surface area contributed by atoms with E-state index in [1.807, 2.05) is 0 Å². The lowest BCUT2D eigenvalue weighted by Crippen LogP contribution is -2.45. The van der Waals surface area contributed by atoms with E-state index >= 15 is 0 Å². The molecule has 5 rings (SSSR count). The van der Waals surface area contributed by atoms with Crippen molar-refractivity contribution in [1.82, 2.24) is 9.55 Å². The average Bonchev–Trinajstić information content (AvgIpc) is 3.09. The molecule has 3 aromatic rings.